The molecule has 1 aromatic heterocycles. The van der Waals surface area contributed by atoms with Crippen LogP contribution < -0.4 is 5.43 Å². The predicted molar refractivity (Wildman–Crippen MR) is 114 cm³/mol. The van der Waals surface area contributed by atoms with Crippen molar-refractivity contribution in [1.29, 1.82) is 0 Å². The number of hydrogen-bond acceptors (Lipinski definition) is 3. The maximum atomic E-state index is 12.2. The topological polar surface area (TPSA) is 54.6 Å². The van der Waals surface area contributed by atoms with Gasteiger partial charge in [-0.25, -0.2) is 5.43 Å². The lowest BCUT2D eigenvalue weighted by Gasteiger charge is -2.18. The molecular weight excluding hydrogens is 395 g/mol. The SMILES string of the molecule is CC(C)(C)c1ccc(C(=O)N/N=C/c2ccc(-c3cc(Cl)ccc3Cl)o2)cc1. The molecule has 0 atom stereocenters. The number of carbonyl (C=O) groups excluding carboxylic acids is 1. The minimum Gasteiger partial charge on any atom is -0.455 e. The van der Waals surface area contributed by atoms with Crippen LogP contribution in [0.4, 0.5) is 0 Å². The van der Waals surface area contributed by atoms with Gasteiger partial charge in [0, 0.05) is 16.1 Å². The maximum Gasteiger partial charge on any atom is 0.271 e. The number of carbonyl (C=O) groups is 1. The normalized spacial score (nSPS) is 11.8. The zero-order valence-corrected chi connectivity index (χ0v) is 17.3. The first kappa shape index (κ1) is 20.2. The molecular formula is C22H20Cl2N2O2. The van der Waals surface area contributed by atoms with Crippen LogP contribution in [-0.4, -0.2) is 12.1 Å². The van der Waals surface area contributed by atoms with E-state index in [1.807, 2.05) is 12.1 Å². The van der Waals surface area contributed by atoms with Crippen molar-refractivity contribution in [2.24, 2.45) is 5.10 Å². The molecule has 0 fully saturated rings. The van der Waals surface area contributed by atoms with Crippen LogP contribution in [0.15, 0.2) is 64.1 Å². The number of nitrogens with one attached hydrogen (secondary N) is 1. The van der Waals surface area contributed by atoms with E-state index in [-0.39, 0.29) is 11.3 Å². The second-order valence-electron chi connectivity index (χ2n) is 7.35. The zero-order valence-electron chi connectivity index (χ0n) is 15.8. The Morgan fingerprint density at radius 1 is 1.04 bits per heavy atom. The van der Waals surface area contributed by atoms with Crippen LogP contribution in [0.2, 0.25) is 10.0 Å². The lowest BCUT2D eigenvalue weighted by molar-refractivity contribution is 0.0955. The van der Waals surface area contributed by atoms with E-state index in [0.29, 0.717) is 32.7 Å². The summed E-state index contributed by atoms with van der Waals surface area (Å²) in [6, 6.07) is 16.1. The fourth-order valence-electron chi connectivity index (χ4n) is 2.59. The van der Waals surface area contributed by atoms with Crippen molar-refractivity contribution in [1.82, 2.24) is 5.43 Å². The number of amides is 1. The van der Waals surface area contributed by atoms with Gasteiger partial charge < -0.3 is 4.42 Å². The molecule has 0 aliphatic rings. The summed E-state index contributed by atoms with van der Waals surface area (Å²) in [6.45, 7) is 6.38. The number of furan rings is 1. The summed E-state index contributed by atoms with van der Waals surface area (Å²) in [6.07, 6.45) is 1.43. The third-order valence-electron chi connectivity index (χ3n) is 4.19. The Morgan fingerprint density at radius 2 is 1.75 bits per heavy atom. The molecule has 0 aliphatic heterocycles. The van der Waals surface area contributed by atoms with Gasteiger partial charge in [-0.3, -0.25) is 4.79 Å². The molecule has 0 radical (unpaired) electrons. The van der Waals surface area contributed by atoms with Crippen LogP contribution in [0.3, 0.4) is 0 Å². The van der Waals surface area contributed by atoms with Gasteiger partial charge in [0.25, 0.3) is 5.91 Å². The monoisotopic (exact) mass is 414 g/mol. The molecule has 0 spiro atoms. The summed E-state index contributed by atoms with van der Waals surface area (Å²) < 4.78 is 5.70. The molecule has 3 rings (SSSR count). The predicted octanol–water partition coefficient (Wildman–Crippen LogP) is 6.31. The highest BCUT2D eigenvalue weighted by molar-refractivity contribution is 6.35. The highest BCUT2D eigenvalue weighted by atomic mass is 35.5. The molecule has 4 nitrogen and oxygen atoms in total. The van der Waals surface area contributed by atoms with E-state index >= 15 is 0 Å². The highest BCUT2D eigenvalue weighted by Crippen LogP contribution is 2.31. The van der Waals surface area contributed by atoms with Gasteiger partial charge >= 0.3 is 0 Å². The quantitative estimate of drug-likeness (QED) is 0.401. The Morgan fingerprint density at radius 3 is 2.43 bits per heavy atom. The largest absolute Gasteiger partial charge is 0.455 e. The van der Waals surface area contributed by atoms with E-state index in [1.165, 1.54) is 6.21 Å². The van der Waals surface area contributed by atoms with E-state index < -0.39 is 0 Å². The Hall–Kier alpha value is -2.56. The van der Waals surface area contributed by atoms with E-state index in [4.69, 9.17) is 27.6 Å². The standard InChI is InChI=1S/C22H20Cl2N2O2/c1-22(2,3)15-6-4-14(5-7-15)21(27)26-25-13-17-9-11-20(28-17)18-12-16(23)8-10-19(18)24/h4-13H,1-3H3,(H,26,27)/b25-13+. The number of rotatable bonds is 4. The number of hydrogen-bond donors (Lipinski definition) is 1. The molecule has 6 heteroatoms. The van der Waals surface area contributed by atoms with Crippen LogP contribution >= 0.6 is 23.2 Å². The lowest BCUT2D eigenvalue weighted by atomic mass is 9.87. The van der Waals surface area contributed by atoms with Crippen molar-refractivity contribution in [3.8, 4) is 11.3 Å². The highest BCUT2D eigenvalue weighted by Gasteiger charge is 2.14. The first-order valence-electron chi connectivity index (χ1n) is 8.73. The fraction of sp³-hybridized carbons (Fsp3) is 0.182. The molecule has 1 heterocycles. The molecule has 28 heavy (non-hydrogen) atoms. The molecule has 0 saturated heterocycles. The van der Waals surface area contributed by atoms with Crippen molar-refractivity contribution in [3.05, 3.63) is 81.5 Å². The summed E-state index contributed by atoms with van der Waals surface area (Å²) in [4.78, 5) is 12.2. The molecule has 3 aromatic rings. The molecule has 0 unspecified atom stereocenters. The van der Waals surface area contributed by atoms with Gasteiger partial charge in [0.15, 0.2) is 0 Å². The summed E-state index contributed by atoms with van der Waals surface area (Å²) >= 11 is 12.2. The van der Waals surface area contributed by atoms with Crippen LogP contribution in [-0.2, 0) is 5.41 Å². The van der Waals surface area contributed by atoms with Crippen LogP contribution in [0, 0.1) is 0 Å². The number of benzene rings is 2. The molecule has 2 aromatic carbocycles. The van der Waals surface area contributed by atoms with Gasteiger partial charge in [0.2, 0.25) is 0 Å². The number of nitrogens with zero attached hydrogens (tertiary/aromatic N) is 1. The van der Waals surface area contributed by atoms with E-state index in [9.17, 15) is 4.79 Å². The minimum absolute atomic E-state index is 0.0377. The minimum atomic E-state index is -0.290. The average Bonchev–Trinajstić information content (AvgIpc) is 3.11. The fourth-order valence-corrected chi connectivity index (χ4v) is 2.98. The van der Waals surface area contributed by atoms with Gasteiger partial charge in [-0.05, 0) is 53.4 Å². The smallest absolute Gasteiger partial charge is 0.271 e. The summed E-state index contributed by atoms with van der Waals surface area (Å²) in [5, 5.41) is 5.06. The van der Waals surface area contributed by atoms with Gasteiger partial charge in [-0.1, -0.05) is 56.1 Å². The van der Waals surface area contributed by atoms with E-state index in [1.54, 1.807) is 42.5 Å². The third-order valence-corrected chi connectivity index (χ3v) is 4.76. The number of hydrazone groups is 1. The average molecular weight is 415 g/mol. The van der Waals surface area contributed by atoms with Crippen molar-refractivity contribution in [2.45, 2.75) is 26.2 Å². The molecule has 144 valence electrons. The second kappa shape index (κ2) is 8.21. The molecule has 0 saturated carbocycles. The second-order valence-corrected chi connectivity index (χ2v) is 8.20. The Bertz CT molecular complexity index is 1020. The summed E-state index contributed by atoms with van der Waals surface area (Å²) in [5.74, 6) is 0.758. The van der Waals surface area contributed by atoms with Crippen molar-refractivity contribution < 1.29 is 9.21 Å². The van der Waals surface area contributed by atoms with Crippen molar-refractivity contribution in [3.63, 3.8) is 0 Å². The van der Waals surface area contributed by atoms with Gasteiger partial charge in [0.05, 0.1) is 11.2 Å². The number of halogens is 2. The Labute approximate surface area is 174 Å². The molecule has 1 amide bonds. The summed E-state index contributed by atoms with van der Waals surface area (Å²) in [5.41, 5.74) is 4.93. The van der Waals surface area contributed by atoms with Crippen LogP contribution in [0.25, 0.3) is 11.3 Å². The molecule has 0 bridgehead atoms. The van der Waals surface area contributed by atoms with Crippen LogP contribution in [0.1, 0.15) is 42.5 Å². The Balaban J connectivity index is 1.66. The first-order valence-corrected chi connectivity index (χ1v) is 9.49. The first-order chi connectivity index (χ1) is 13.2. The lowest BCUT2D eigenvalue weighted by Crippen LogP contribution is -2.18. The van der Waals surface area contributed by atoms with Gasteiger partial charge in [-0.15, -0.1) is 0 Å². The maximum absolute atomic E-state index is 12.2. The molecule has 0 aliphatic carbocycles. The van der Waals surface area contributed by atoms with Crippen molar-refractivity contribution in [2.75, 3.05) is 0 Å². The van der Waals surface area contributed by atoms with Gasteiger partial charge in [-0.2, -0.15) is 5.10 Å². The third kappa shape index (κ3) is 4.83. The van der Waals surface area contributed by atoms with Crippen molar-refractivity contribution >= 4 is 35.3 Å². The Kier molecular flexibility index (Phi) is 5.92. The zero-order chi connectivity index (χ0) is 20.3. The van der Waals surface area contributed by atoms with E-state index in [0.717, 1.165) is 5.56 Å². The van der Waals surface area contributed by atoms with E-state index in [2.05, 4.69) is 31.3 Å². The summed E-state index contributed by atoms with van der Waals surface area (Å²) in [7, 11) is 0. The van der Waals surface area contributed by atoms with Crippen LogP contribution in [0.5, 0.6) is 0 Å². The molecule has 1 N–H and O–H groups in total. The van der Waals surface area contributed by atoms with Gasteiger partial charge in [0.1, 0.15) is 11.5 Å².